The molecule has 0 fully saturated rings. The van der Waals surface area contributed by atoms with Gasteiger partial charge in [-0.15, -0.1) is 0 Å². The first-order chi connectivity index (χ1) is 11.9. The number of methoxy groups -OCH3 is 1. The maximum Gasteiger partial charge on any atom is 0.261 e. The molecule has 0 aliphatic carbocycles. The van der Waals surface area contributed by atoms with E-state index >= 15 is 0 Å². The SMILES string of the molecule is COc1cc(C(C)=O)ccc1O[C@H](C)C(=O)NCc1ccc(C)cc1. The molecule has 5 nitrogen and oxygen atoms in total. The fraction of sp³-hybridized carbons (Fsp3) is 0.300. The molecular formula is C20H23NO4. The molecule has 0 aromatic heterocycles. The number of benzene rings is 2. The van der Waals surface area contributed by atoms with Crippen LogP contribution in [-0.4, -0.2) is 24.9 Å². The largest absolute Gasteiger partial charge is 0.493 e. The van der Waals surface area contributed by atoms with Crippen molar-refractivity contribution in [2.45, 2.75) is 33.4 Å². The molecule has 0 spiro atoms. The zero-order valence-corrected chi connectivity index (χ0v) is 15.0. The summed E-state index contributed by atoms with van der Waals surface area (Å²) in [6, 6.07) is 12.9. The van der Waals surface area contributed by atoms with Crippen LogP contribution in [0.3, 0.4) is 0 Å². The van der Waals surface area contributed by atoms with E-state index in [1.165, 1.54) is 19.6 Å². The number of nitrogens with one attached hydrogen (secondary N) is 1. The maximum atomic E-state index is 12.2. The minimum absolute atomic E-state index is 0.0614. The maximum absolute atomic E-state index is 12.2. The molecule has 0 unspecified atom stereocenters. The third-order valence-electron chi connectivity index (χ3n) is 3.83. The Hall–Kier alpha value is -2.82. The fourth-order valence-corrected chi connectivity index (χ4v) is 2.27. The van der Waals surface area contributed by atoms with Crippen molar-refractivity contribution < 1.29 is 19.1 Å². The predicted octanol–water partition coefficient (Wildman–Crippen LogP) is 3.29. The zero-order chi connectivity index (χ0) is 18.4. The van der Waals surface area contributed by atoms with Crippen molar-refractivity contribution in [2.75, 3.05) is 7.11 Å². The number of carbonyl (C=O) groups is 2. The monoisotopic (exact) mass is 341 g/mol. The smallest absolute Gasteiger partial charge is 0.261 e. The van der Waals surface area contributed by atoms with Gasteiger partial charge in [0, 0.05) is 12.1 Å². The van der Waals surface area contributed by atoms with Gasteiger partial charge in [0.1, 0.15) is 0 Å². The van der Waals surface area contributed by atoms with Crippen molar-refractivity contribution in [3.8, 4) is 11.5 Å². The molecule has 0 heterocycles. The minimum atomic E-state index is -0.692. The van der Waals surface area contributed by atoms with E-state index in [4.69, 9.17) is 9.47 Å². The molecule has 0 saturated carbocycles. The number of ketones is 1. The first kappa shape index (κ1) is 18.5. The van der Waals surface area contributed by atoms with Gasteiger partial charge in [0.05, 0.1) is 7.11 Å². The van der Waals surface area contributed by atoms with Crippen LogP contribution in [0.2, 0.25) is 0 Å². The van der Waals surface area contributed by atoms with Gasteiger partial charge in [0.2, 0.25) is 0 Å². The van der Waals surface area contributed by atoms with Crippen LogP contribution < -0.4 is 14.8 Å². The quantitative estimate of drug-likeness (QED) is 0.785. The molecule has 2 aromatic rings. The first-order valence-electron chi connectivity index (χ1n) is 8.09. The number of aryl methyl sites for hydroxylation is 1. The van der Waals surface area contributed by atoms with E-state index in [2.05, 4.69) is 5.32 Å². The van der Waals surface area contributed by atoms with Gasteiger partial charge in [0.15, 0.2) is 23.4 Å². The highest BCUT2D eigenvalue weighted by molar-refractivity contribution is 5.94. The van der Waals surface area contributed by atoms with Crippen LogP contribution in [0.4, 0.5) is 0 Å². The molecule has 0 saturated heterocycles. The summed E-state index contributed by atoms with van der Waals surface area (Å²) in [4.78, 5) is 23.7. The second-order valence-electron chi connectivity index (χ2n) is 5.89. The highest BCUT2D eigenvalue weighted by Gasteiger charge is 2.17. The first-order valence-corrected chi connectivity index (χ1v) is 8.09. The third kappa shape index (κ3) is 5.08. The molecule has 25 heavy (non-hydrogen) atoms. The number of ether oxygens (including phenoxy) is 2. The van der Waals surface area contributed by atoms with Crippen LogP contribution in [0.25, 0.3) is 0 Å². The molecular weight excluding hydrogens is 318 g/mol. The van der Waals surface area contributed by atoms with Crippen molar-refractivity contribution in [3.63, 3.8) is 0 Å². The number of Topliss-reactive ketones (excluding diaryl/α,β-unsaturated/α-hetero) is 1. The Kier molecular flexibility index (Phi) is 6.17. The molecule has 2 rings (SSSR count). The Morgan fingerprint density at radius 3 is 2.36 bits per heavy atom. The van der Waals surface area contributed by atoms with Crippen molar-refractivity contribution in [3.05, 3.63) is 59.2 Å². The number of hydrogen-bond donors (Lipinski definition) is 1. The van der Waals surface area contributed by atoms with Gasteiger partial charge in [-0.2, -0.15) is 0 Å². The van der Waals surface area contributed by atoms with Crippen LogP contribution in [-0.2, 0) is 11.3 Å². The predicted molar refractivity (Wildman–Crippen MR) is 96.1 cm³/mol. The summed E-state index contributed by atoms with van der Waals surface area (Å²) in [5.74, 6) is 0.559. The number of rotatable bonds is 7. The Morgan fingerprint density at radius 1 is 1.08 bits per heavy atom. The topological polar surface area (TPSA) is 64.6 Å². The van der Waals surface area contributed by atoms with E-state index in [1.54, 1.807) is 25.1 Å². The van der Waals surface area contributed by atoms with E-state index in [0.29, 0.717) is 23.6 Å². The molecule has 1 atom stereocenters. The summed E-state index contributed by atoms with van der Waals surface area (Å²) in [6.45, 7) is 5.61. The summed E-state index contributed by atoms with van der Waals surface area (Å²) in [5.41, 5.74) is 2.73. The van der Waals surface area contributed by atoms with Gasteiger partial charge in [0.25, 0.3) is 5.91 Å². The van der Waals surface area contributed by atoms with Crippen LogP contribution in [0, 0.1) is 6.92 Å². The average Bonchev–Trinajstić information content (AvgIpc) is 2.61. The lowest BCUT2D eigenvalue weighted by molar-refractivity contribution is -0.127. The van der Waals surface area contributed by atoms with Gasteiger partial charge < -0.3 is 14.8 Å². The van der Waals surface area contributed by atoms with Crippen molar-refractivity contribution in [1.82, 2.24) is 5.32 Å². The lowest BCUT2D eigenvalue weighted by Crippen LogP contribution is -2.36. The average molecular weight is 341 g/mol. The molecule has 5 heteroatoms. The number of hydrogen-bond acceptors (Lipinski definition) is 4. The molecule has 2 aromatic carbocycles. The molecule has 132 valence electrons. The second kappa shape index (κ2) is 8.33. The summed E-state index contributed by atoms with van der Waals surface area (Å²) < 4.78 is 10.9. The molecule has 0 aliphatic rings. The van der Waals surface area contributed by atoms with E-state index < -0.39 is 6.10 Å². The lowest BCUT2D eigenvalue weighted by atomic mass is 10.1. The lowest BCUT2D eigenvalue weighted by Gasteiger charge is -2.17. The second-order valence-corrected chi connectivity index (χ2v) is 5.89. The highest BCUT2D eigenvalue weighted by Crippen LogP contribution is 2.29. The molecule has 0 aliphatic heterocycles. The van der Waals surface area contributed by atoms with E-state index in [0.717, 1.165) is 5.56 Å². The molecule has 0 radical (unpaired) electrons. The van der Waals surface area contributed by atoms with Crippen LogP contribution >= 0.6 is 0 Å². The van der Waals surface area contributed by atoms with Crippen LogP contribution in [0.15, 0.2) is 42.5 Å². The van der Waals surface area contributed by atoms with E-state index in [1.807, 2.05) is 31.2 Å². The highest BCUT2D eigenvalue weighted by atomic mass is 16.5. The third-order valence-corrected chi connectivity index (χ3v) is 3.83. The summed E-state index contributed by atoms with van der Waals surface area (Å²) in [5, 5.41) is 2.85. The number of amides is 1. The van der Waals surface area contributed by atoms with Gasteiger partial charge >= 0.3 is 0 Å². The summed E-state index contributed by atoms with van der Waals surface area (Å²) >= 11 is 0. The zero-order valence-electron chi connectivity index (χ0n) is 15.0. The van der Waals surface area contributed by atoms with Gasteiger partial charge in [-0.05, 0) is 44.5 Å². The van der Waals surface area contributed by atoms with Crippen LogP contribution in [0.5, 0.6) is 11.5 Å². The van der Waals surface area contributed by atoms with Crippen molar-refractivity contribution in [2.24, 2.45) is 0 Å². The van der Waals surface area contributed by atoms with Gasteiger partial charge in [-0.1, -0.05) is 29.8 Å². The van der Waals surface area contributed by atoms with Crippen molar-refractivity contribution in [1.29, 1.82) is 0 Å². The standard InChI is InChI=1S/C20H23NO4/c1-13-5-7-16(8-6-13)12-21-20(23)15(3)25-18-10-9-17(14(2)22)11-19(18)24-4/h5-11,15H,12H2,1-4H3,(H,21,23)/t15-/m1/s1. The summed E-state index contributed by atoms with van der Waals surface area (Å²) in [6.07, 6.45) is -0.692. The molecule has 0 bridgehead atoms. The Labute approximate surface area is 148 Å². The Morgan fingerprint density at radius 2 is 1.76 bits per heavy atom. The Balaban J connectivity index is 1.98. The van der Waals surface area contributed by atoms with Gasteiger partial charge in [-0.3, -0.25) is 9.59 Å². The molecule has 1 amide bonds. The van der Waals surface area contributed by atoms with Crippen molar-refractivity contribution >= 4 is 11.7 Å². The van der Waals surface area contributed by atoms with E-state index in [9.17, 15) is 9.59 Å². The fourth-order valence-electron chi connectivity index (χ4n) is 2.27. The summed E-state index contributed by atoms with van der Waals surface area (Å²) in [7, 11) is 1.49. The Bertz CT molecular complexity index is 753. The normalized spacial score (nSPS) is 11.5. The van der Waals surface area contributed by atoms with Crippen LogP contribution in [0.1, 0.15) is 35.3 Å². The molecule has 1 N–H and O–H groups in total. The van der Waals surface area contributed by atoms with Gasteiger partial charge in [-0.25, -0.2) is 0 Å². The number of carbonyl (C=O) groups excluding carboxylic acids is 2. The van der Waals surface area contributed by atoms with E-state index in [-0.39, 0.29) is 11.7 Å². The minimum Gasteiger partial charge on any atom is -0.493 e.